The van der Waals surface area contributed by atoms with Crippen LogP contribution in [0.4, 0.5) is 17.6 Å². The lowest BCUT2D eigenvalue weighted by Gasteiger charge is -2.17. The molecule has 0 aliphatic carbocycles. The number of Topliss-reactive ketones (excluding diaryl/α,β-unsaturated/α-hetero) is 1. The molecule has 148 valence electrons. The Labute approximate surface area is 156 Å². The van der Waals surface area contributed by atoms with Crippen molar-refractivity contribution in [2.45, 2.75) is 32.6 Å². The minimum Gasteiger partial charge on any atom is -0.330 e. The number of hydrogen-bond acceptors (Lipinski definition) is 4. The predicted octanol–water partition coefficient (Wildman–Crippen LogP) is 2.58. The van der Waals surface area contributed by atoms with Gasteiger partial charge in [-0.1, -0.05) is 13.3 Å². The van der Waals surface area contributed by atoms with Crippen molar-refractivity contribution in [3.8, 4) is 0 Å². The number of ketones is 1. The zero-order valence-electron chi connectivity index (χ0n) is 14.6. The molecule has 0 spiro atoms. The van der Waals surface area contributed by atoms with E-state index in [1.54, 1.807) is 0 Å². The average Bonchev–Trinajstić information content (AvgIpc) is 2.95. The van der Waals surface area contributed by atoms with Crippen LogP contribution in [0.15, 0.2) is 11.9 Å². The van der Waals surface area contributed by atoms with Crippen LogP contribution in [-0.2, 0) is 9.59 Å². The number of halogens is 4. The van der Waals surface area contributed by atoms with E-state index in [1.807, 2.05) is 6.92 Å². The van der Waals surface area contributed by atoms with Gasteiger partial charge >= 0.3 is 0 Å². The second kappa shape index (κ2) is 7.17. The van der Waals surface area contributed by atoms with Gasteiger partial charge in [0.1, 0.15) is 5.70 Å². The molecular weight excluding hydrogens is 384 g/mol. The average molecular weight is 398 g/mol. The van der Waals surface area contributed by atoms with Gasteiger partial charge in [0, 0.05) is 19.0 Å². The van der Waals surface area contributed by atoms with Gasteiger partial charge in [-0.2, -0.15) is 0 Å². The molecule has 1 unspecified atom stereocenters. The van der Waals surface area contributed by atoms with Crippen molar-refractivity contribution in [1.82, 2.24) is 10.2 Å². The molecule has 2 aliphatic rings. The highest BCUT2D eigenvalue weighted by Gasteiger charge is 2.46. The number of benzene rings is 1. The highest BCUT2D eigenvalue weighted by atomic mass is 19.2. The molecule has 0 bridgehead atoms. The van der Waals surface area contributed by atoms with Gasteiger partial charge in [-0.25, -0.2) is 22.5 Å². The van der Waals surface area contributed by atoms with Crippen LogP contribution >= 0.6 is 0 Å². The monoisotopic (exact) mass is 398 g/mol. The lowest BCUT2D eigenvalue weighted by Crippen LogP contribution is -2.34. The number of hydrogen-bond donors (Lipinski definition) is 1. The summed E-state index contributed by atoms with van der Waals surface area (Å²) in [6.07, 6.45) is 1.66. The Hall–Kier alpha value is -3.04. The van der Waals surface area contributed by atoms with Gasteiger partial charge in [0.15, 0.2) is 29.1 Å². The first-order valence-corrected chi connectivity index (χ1v) is 8.46. The number of allylic oxidation sites excluding steroid dienone is 1. The highest BCUT2D eigenvalue weighted by molar-refractivity contribution is 6.25. The number of amides is 3. The molecular formula is C18H14F4N2O4. The molecule has 3 rings (SSSR count). The maximum atomic E-state index is 14.0. The number of fused-ring (bicyclic) bond motifs is 1. The van der Waals surface area contributed by atoms with Crippen molar-refractivity contribution < 1.29 is 36.7 Å². The Balaban J connectivity index is 2.07. The third kappa shape index (κ3) is 2.98. The lowest BCUT2D eigenvalue weighted by molar-refractivity contribution is -0.121. The second-order valence-electron chi connectivity index (χ2n) is 6.49. The van der Waals surface area contributed by atoms with Crippen molar-refractivity contribution in [3.63, 3.8) is 0 Å². The predicted molar refractivity (Wildman–Crippen MR) is 85.6 cm³/mol. The van der Waals surface area contributed by atoms with E-state index < -0.39 is 63.6 Å². The maximum absolute atomic E-state index is 14.0. The van der Waals surface area contributed by atoms with Crippen LogP contribution in [0, 0.1) is 29.2 Å². The summed E-state index contributed by atoms with van der Waals surface area (Å²) in [7, 11) is 0. The maximum Gasteiger partial charge on any atom is 0.269 e. The Morgan fingerprint density at radius 2 is 1.50 bits per heavy atom. The van der Waals surface area contributed by atoms with E-state index in [0.29, 0.717) is 6.42 Å². The Kier molecular flexibility index (Phi) is 5.05. The first-order chi connectivity index (χ1) is 13.2. The molecule has 0 saturated carbocycles. The lowest BCUT2D eigenvalue weighted by atomic mass is 9.95. The Morgan fingerprint density at radius 3 is 2.00 bits per heavy atom. The van der Waals surface area contributed by atoms with Crippen LogP contribution in [0.5, 0.6) is 0 Å². The summed E-state index contributed by atoms with van der Waals surface area (Å²) in [6.45, 7) is 1.83. The van der Waals surface area contributed by atoms with Crippen LogP contribution in [0.25, 0.3) is 0 Å². The van der Waals surface area contributed by atoms with Crippen molar-refractivity contribution in [1.29, 1.82) is 0 Å². The number of nitrogens with zero attached hydrogens (tertiary/aromatic N) is 1. The minimum atomic E-state index is -2.24. The first-order valence-electron chi connectivity index (χ1n) is 8.46. The van der Waals surface area contributed by atoms with Crippen LogP contribution in [0.1, 0.15) is 53.3 Å². The van der Waals surface area contributed by atoms with Gasteiger partial charge in [-0.3, -0.25) is 19.2 Å². The standard InChI is InChI=1S/C18H14F4N2O4/c1-2-7-3-4-9(25)8(6-23-10(26)5-7)24-17(27)11-12(18(24)28)14(20)16(22)15(21)13(11)19/h6-7H,2-5H2,1H3,(H,23,26)/b8-6+. The van der Waals surface area contributed by atoms with E-state index in [0.717, 1.165) is 6.20 Å². The molecule has 1 N–H and O–H groups in total. The van der Waals surface area contributed by atoms with E-state index in [9.17, 15) is 36.7 Å². The fourth-order valence-corrected chi connectivity index (χ4v) is 3.22. The van der Waals surface area contributed by atoms with Crippen molar-refractivity contribution >= 4 is 23.5 Å². The van der Waals surface area contributed by atoms with Gasteiger partial charge in [0.2, 0.25) is 5.91 Å². The molecule has 0 radical (unpaired) electrons. The van der Waals surface area contributed by atoms with Crippen molar-refractivity contribution in [3.05, 3.63) is 46.3 Å². The normalized spacial score (nSPS) is 22.2. The fourth-order valence-electron chi connectivity index (χ4n) is 3.22. The highest BCUT2D eigenvalue weighted by Crippen LogP contribution is 2.34. The number of carbonyl (C=O) groups is 4. The zero-order valence-corrected chi connectivity index (χ0v) is 14.6. The summed E-state index contributed by atoms with van der Waals surface area (Å²) in [4.78, 5) is 49.5. The van der Waals surface area contributed by atoms with E-state index in [-0.39, 0.29) is 30.1 Å². The zero-order chi connectivity index (χ0) is 20.7. The molecule has 1 aromatic carbocycles. The van der Waals surface area contributed by atoms with Gasteiger partial charge in [0.25, 0.3) is 11.8 Å². The molecule has 0 aromatic heterocycles. The van der Waals surface area contributed by atoms with Gasteiger partial charge in [0.05, 0.1) is 11.1 Å². The van der Waals surface area contributed by atoms with Crippen LogP contribution in [0.3, 0.4) is 0 Å². The third-order valence-corrected chi connectivity index (χ3v) is 4.83. The summed E-state index contributed by atoms with van der Waals surface area (Å²) < 4.78 is 55.0. The summed E-state index contributed by atoms with van der Waals surface area (Å²) >= 11 is 0. The first kappa shape index (κ1) is 19.7. The smallest absolute Gasteiger partial charge is 0.269 e. The number of imide groups is 1. The Morgan fingerprint density at radius 1 is 0.964 bits per heavy atom. The molecule has 1 aromatic rings. The quantitative estimate of drug-likeness (QED) is 0.359. The topological polar surface area (TPSA) is 83.6 Å². The molecule has 2 heterocycles. The molecule has 1 atom stereocenters. The van der Waals surface area contributed by atoms with E-state index in [1.165, 1.54) is 0 Å². The summed E-state index contributed by atoms with van der Waals surface area (Å²) in [5.41, 5.74) is -3.23. The van der Waals surface area contributed by atoms with Crippen molar-refractivity contribution in [2.24, 2.45) is 5.92 Å². The molecule has 10 heteroatoms. The SMILES string of the molecule is CCC1CCC(=O)/C(N2C(=O)c3c(F)c(F)c(F)c(F)c3C2=O)=C\NC(=O)C1. The number of rotatable bonds is 2. The molecule has 6 nitrogen and oxygen atoms in total. The third-order valence-electron chi connectivity index (χ3n) is 4.83. The largest absolute Gasteiger partial charge is 0.330 e. The summed E-state index contributed by atoms with van der Waals surface area (Å²) in [6, 6.07) is 0. The van der Waals surface area contributed by atoms with E-state index in [2.05, 4.69) is 5.32 Å². The molecule has 2 aliphatic heterocycles. The molecule has 0 fully saturated rings. The van der Waals surface area contributed by atoms with Gasteiger partial charge in [-0.15, -0.1) is 0 Å². The van der Waals surface area contributed by atoms with Crippen LogP contribution in [0.2, 0.25) is 0 Å². The summed E-state index contributed by atoms with van der Waals surface area (Å²) in [5, 5.41) is 2.26. The molecule has 3 amide bonds. The summed E-state index contributed by atoms with van der Waals surface area (Å²) in [5.74, 6) is -12.9. The van der Waals surface area contributed by atoms with Crippen LogP contribution in [-0.4, -0.2) is 28.4 Å². The van der Waals surface area contributed by atoms with E-state index in [4.69, 9.17) is 0 Å². The Bertz CT molecular complexity index is 911. The second-order valence-corrected chi connectivity index (χ2v) is 6.49. The fraction of sp³-hybridized carbons (Fsp3) is 0.333. The van der Waals surface area contributed by atoms with Crippen LogP contribution < -0.4 is 5.32 Å². The van der Waals surface area contributed by atoms with E-state index >= 15 is 0 Å². The molecule has 28 heavy (non-hydrogen) atoms. The van der Waals surface area contributed by atoms with Gasteiger partial charge in [-0.05, 0) is 12.3 Å². The van der Waals surface area contributed by atoms with Crippen molar-refractivity contribution in [2.75, 3.05) is 0 Å². The van der Waals surface area contributed by atoms with Gasteiger partial charge < -0.3 is 5.32 Å². The minimum absolute atomic E-state index is 0.107. The molecule has 0 saturated heterocycles. The number of nitrogens with one attached hydrogen (secondary N) is 1. The number of carbonyl (C=O) groups excluding carboxylic acids is 4.